The SMILES string of the molecule is COc1c(N=C(C)[O-])cccc1S(=O)O.[Na+]. The molecule has 0 saturated carbocycles. The van der Waals surface area contributed by atoms with Crippen LogP contribution in [0.15, 0.2) is 28.1 Å². The van der Waals surface area contributed by atoms with Gasteiger partial charge < -0.3 is 14.4 Å². The van der Waals surface area contributed by atoms with Crippen LogP contribution >= 0.6 is 0 Å². The van der Waals surface area contributed by atoms with Gasteiger partial charge in [0, 0.05) is 0 Å². The molecule has 16 heavy (non-hydrogen) atoms. The monoisotopic (exact) mass is 251 g/mol. The molecule has 0 aromatic heterocycles. The van der Waals surface area contributed by atoms with E-state index in [-0.39, 0.29) is 45.9 Å². The van der Waals surface area contributed by atoms with E-state index in [1.54, 1.807) is 0 Å². The number of aliphatic imine (C=N–C) groups is 1. The normalized spacial score (nSPS) is 12.8. The van der Waals surface area contributed by atoms with E-state index in [1.807, 2.05) is 0 Å². The predicted octanol–water partition coefficient (Wildman–Crippen LogP) is -2.31. The van der Waals surface area contributed by atoms with Crippen LogP contribution in [-0.4, -0.2) is 21.8 Å². The van der Waals surface area contributed by atoms with Gasteiger partial charge in [-0.3, -0.25) is 4.99 Å². The van der Waals surface area contributed by atoms with Crippen molar-refractivity contribution in [2.75, 3.05) is 7.11 Å². The second-order valence-corrected chi connectivity index (χ2v) is 3.63. The molecule has 5 nitrogen and oxygen atoms in total. The van der Waals surface area contributed by atoms with Crippen LogP contribution in [0.1, 0.15) is 6.92 Å². The van der Waals surface area contributed by atoms with E-state index in [0.29, 0.717) is 0 Å². The van der Waals surface area contributed by atoms with Crippen molar-refractivity contribution in [1.82, 2.24) is 0 Å². The predicted molar refractivity (Wildman–Crippen MR) is 54.8 cm³/mol. The Morgan fingerprint density at radius 1 is 1.56 bits per heavy atom. The molecule has 1 N–H and O–H groups in total. The molecule has 1 rings (SSSR count). The first-order valence-electron chi connectivity index (χ1n) is 4.06. The number of rotatable bonds is 3. The fourth-order valence-electron chi connectivity index (χ4n) is 1.10. The van der Waals surface area contributed by atoms with Gasteiger partial charge in [0.25, 0.3) is 0 Å². The molecule has 1 aromatic carbocycles. The number of para-hydroxylation sites is 1. The molecule has 0 aliphatic rings. The minimum atomic E-state index is -2.16. The summed E-state index contributed by atoms with van der Waals surface area (Å²) in [6, 6.07) is 4.51. The minimum Gasteiger partial charge on any atom is -0.862 e. The van der Waals surface area contributed by atoms with Gasteiger partial charge in [0.2, 0.25) is 0 Å². The van der Waals surface area contributed by atoms with E-state index >= 15 is 0 Å². The summed E-state index contributed by atoms with van der Waals surface area (Å²) in [5.41, 5.74) is 0.255. The maximum Gasteiger partial charge on any atom is 1.00 e. The quantitative estimate of drug-likeness (QED) is 0.283. The number of hydrogen-bond acceptors (Lipinski definition) is 4. The van der Waals surface area contributed by atoms with Crippen molar-refractivity contribution >= 4 is 22.7 Å². The van der Waals surface area contributed by atoms with Gasteiger partial charge in [-0.25, -0.2) is 4.21 Å². The van der Waals surface area contributed by atoms with Gasteiger partial charge in [-0.15, -0.1) is 0 Å². The van der Waals surface area contributed by atoms with Crippen molar-refractivity contribution < 1.29 is 48.2 Å². The van der Waals surface area contributed by atoms with Crippen LogP contribution in [-0.2, 0) is 11.1 Å². The van der Waals surface area contributed by atoms with Gasteiger partial charge >= 0.3 is 29.6 Å². The fourth-order valence-corrected chi connectivity index (χ4v) is 1.65. The molecule has 0 heterocycles. The van der Waals surface area contributed by atoms with Gasteiger partial charge in [-0.2, -0.15) is 0 Å². The van der Waals surface area contributed by atoms with E-state index in [2.05, 4.69) is 4.99 Å². The molecule has 0 fully saturated rings. The molecule has 1 unspecified atom stereocenters. The molecule has 7 heteroatoms. The van der Waals surface area contributed by atoms with Crippen molar-refractivity contribution in [1.29, 1.82) is 0 Å². The van der Waals surface area contributed by atoms with E-state index in [0.717, 1.165) is 0 Å². The molecule has 0 saturated heterocycles. The summed E-state index contributed by atoms with van der Waals surface area (Å²) < 4.78 is 24.8. The Morgan fingerprint density at radius 3 is 2.62 bits per heavy atom. The zero-order chi connectivity index (χ0) is 11.4. The average molecular weight is 251 g/mol. The van der Waals surface area contributed by atoms with Crippen molar-refractivity contribution in [2.45, 2.75) is 11.8 Å². The van der Waals surface area contributed by atoms with Crippen LogP contribution in [0.2, 0.25) is 0 Å². The number of hydrogen-bond donors (Lipinski definition) is 1. The van der Waals surface area contributed by atoms with Gasteiger partial charge in [-0.1, -0.05) is 6.07 Å². The molecule has 0 aliphatic heterocycles. The molecule has 82 valence electrons. The Kier molecular flexibility index (Phi) is 6.85. The summed E-state index contributed by atoms with van der Waals surface area (Å²) in [4.78, 5) is 3.76. The Hall–Kier alpha value is -0.400. The number of methoxy groups -OCH3 is 1. The fraction of sp³-hybridized carbons (Fsp3) is 0.222. The standard InChI is InChI=1S/C9H11NO4S.Na/c1-6(11)10-7-4-3-5-8(15(12)13)9(7)14-2;/h3-5H,1-2H3,(H,10,11)(H,12,13);/q;+1/p-1. The Bertz CT molecular complexity index is 418. The second kappa shape index (κ2) is 7.03. The van der Waals surface area contributed by atoms with E-state index in [4.69, 9.17) is 9.29 Å². The summed E-state index contributed by atoms with van der Waals surface area (Å²) in [6.45, 7) is 1.29. The molecule has 0 bridgehead atoms. The van der Waals surface area contributed by atoms with E-state index in [9.17, 15) is 9.32 Å². The first-order valence-corrected chi connectivity index (χ1v) is 5.17. The molecular weight excluding hydrogens is 241 g/mol. The third-order valence-corrected chi connectivity index (χ3v) is 2.33. The molecule has 1 atom stereocenters. The second-order valence-electron chi connectivity index (χ2n) is 2.69. The average Bonchev–Trinajstić information content (AvgIpc) is 2.16. The first-order chi connectivity index (χ1) is 7.06. The molecular formula is C9H10NNaO4S. The number of benzene rings is 1. The van der Waals surface area contributed by atoms with Crippen LogP contribution in [0, 0.1) is 0 Å². The third kappa shape index (κ3) is 3.88. The Balaban J connectivity index is 0.00000225. The Labute approximate surface area is 118 Å². The van der Waals surface area contributed by atoms with Crippen LogP contribution in [0.25, 0.3) is 0 Å². The number of nitrogens with zero attached hydrogens (tertiary/aromatic N) is 1. The van der Waals surface area contributed by atoms with Crippen LogP contribution in [0.4, 0.5) is 5.69 Å². The van der Waals surface area contributed by atoms with E-state index in [1.165, 1.54) is 32.2 Å². The van der Waals surface area contributed by atoms with Gasteiger partial charge in [0.15, 0.2) is 16.8 Å². The zero-order valence-electron chi connectivity index (χ0n) is 9.26. The minimum absolute atomic E-state index is 0. The summed E-state index contributed by atoms with van der Waals surface area (Å²) in [7, 11) is 1.35. The van der Waals surface area contributed by atoms with E-state index < -0.39 is 17.0 Å². The molecule has 0 radical (unpaired) electrons. The number of ether oxygens (including phenoxy) is 1. The van der Waals surface area contributed by atoms with Gasteiger partial charge in [-0.05, 0) is 25.0 Å². The topological polar surface area (TPSA) is 82.0 Å². The summed E-state index contributed by atoms with van der Waals surface area (Å²) in [6.07, 6.45) is 0. The molecule has 0 spiro atoms. The first kappa shape index (κ1) is 15.6. The largest absolute Gasteiger partial charge is 1.00 e. The molecule has 0 amide bonds. The van der Waals surface area contributed by atoms with Crippen molar-refractivity contribution in [3.8, 4) is 5.75 Å². The zero-order valence-corrected chi connectivity index (χ0v) is 12.1. The third-order valence-electron chi connectivity index (χ3n) is 1.63. The maximum atomic E-state index is 10.9. The summed E-state index contributed by atoms with van der Waals surface area (Å²) in [5, 5.41) is 10.8. The van der Waals surface area contributed by atoms with Crippen molar-refractivity contribution in [3.05, 3.63) is 18.2 Å². The summed E-state index contributed by atoms with van der Waals surface area (Å²) >= 11 is -2.16. The van der Waals surface area contributed by atoms with Crippen LogP contribution in [0.3, 0.4) is 0 Å². The molecule has 1 aromatic rings. The maximum absolute atomic E-state index is 10.9. The Morgan fingerprint density at radius 2 is 2.19 bits per heavy atom. The van der Waals surface area contributed by atoms with Crippen LogP contribution in [0.5, 0.6) is 5.75 Å². The van der Waals surface area contributed by atoms with Gasteiger partial charge in [0.1, 0.15) is 10.6 Å². The van der Waals surface area contributed by atoms with Crippen LogP contribution < -0.4 is 39.4 Å². The molecule has 0 aliphatic carbocycles. The van der Waals surface area contributed by atoms with Crippen molar-refractivity contribution in [2.24, 2.45) is 4.99 Å². The van der Waals surface area contributed by atoms with Gasteiger partial charge in [0.05, 0.1) is 7.11 Å². The summed E-state index contributed by atoms with van der Waals surface area (Å²) in [5.74, 6) is -0.247. The smallest absolute Gasteiger partial charge is 0.862 e. The van der Waals surface area contributed by atoms with Crippen molar-refractivity contribution in [3.63, 3.8) is 0 Å².